The van der Waals surface area contributed by atoms with Gasteiger partial charge in [0.05, 0.1) is 7.11 Å². The number of amides is 1. The number of carbonyl (C=O) groups excluding carboxylic acids is 1. The van der Waals surface area contributed by atoms with Gasteiger partial charge < -0.3 is 14.8 Å². The van der Waals surface area contributed by atoms with Crippen molar-refractivity contribution < 1.29 is 14.3 Å². The summed E-state index contributed by atoms with van der Waals surface area (Å²) in [5, 5.41) is 2.90. The van der Waals surface area contributed by atoms with Gasteiger partial charge >= 0.3 is 0 Å². The summed E-state index contributed by atoms with van der Waals surface area (Å²) in [5.41, 5.74) is 2.23. The number of ether oxygens (including phenoxy) is 2. The first-order valence-corrected chi connectivity index (χ1v) is 8.47. The predicted octanol–water partition coefficient (Wildman–Crippen LogP) is 4.08. The molecule has 4 nitrogen and oxygen atoms in total. The van der Waals surface area contributed by atoms with E-state index < -0.39 is 6.10 Å². The van der Waals surface area contributed by atoms with Crippen LogP contribution in [0.1, 0.15) is 38.8 Å². The van der Waals surface area contributed by atoms with Gasteiger partial charge in [0.1, 0.15) is 11.5 Å². The highest BCUT2D eigenvalue weighted by molar-refractivity contribution is 5.80. The second-order valence-electron chi connectivity index (χ2n) is 7.10. The fourth-order valence-corrected chi connectivity index (χ4v) is 2.37. The summed E-state index contributed by atoms with van der Waals surface area (Å²) in [7, 11) is 1.63. The first-order chi connectivity index (χ1) is 11.8. The largest absolute Gasteiger partial charge is 0.497 e. The van der Waals surface area contributed by atoms with Crippen LogP contribution in [-0.2, 0) is 16.8 Å². The van der Waals surface area contributed by atoms with Gasteiger partial charge in [-0.3, -0.25) is 4.79 Å². The van der Waals surface area contributed by atoms with Crippen LogP contribution in [0, 0.1) is 0 Å². The molecular weight excluding hydrogens is 314 g/mol. The van der Waals surface area contributed by atoms with Crippen molar-refractivity contribution in [1.82, 2.24) is 5.32 Å². The third-order valence-electron chi connectivity index (χ3n) is 4.01. The zero-order valence-corrected chi connectivity index (χ0v) is 15.6. The summed E-state index contributed by atoms with van der Waals surface area (Å²) < 4.78 is 10.9. The van der Waals surface area contributed by atoms with E-state index in [4.69, 9.17) is 9.47 Å². The van der Waals surface area contributed by atoms with E-state index in [1.54, 1.807) is 14.0 Å². The molecule has 2 rings (SSSR count). The Labute approximate surface area is 150 Å². The molecule has 0 saturated heterocycles. The van der Waals surface area contributed by atoms with Crippen LogP contribution in [0.4, 0.5) is 0 Å². The van der Waals surface area contributed by atoms with Crippen molar-refractivity contribution in [2.45, 2.75) is 45.8 Å². The SMILES string of the molecule is COc1ccc(CNC(=O)C(C)Oc2cccc(C(C)(C)C)c2)cc1. The molecule has 2 aromatic rings. The van der Waals surface area contributed by atoms with Crippen molar-refractivity contribution in [2.24, 2.45) is 0 Å². The molecule has 0 heterocycles. The first-order valence-electron chi connectivity index (χ1n) is 8.47. The minimum Gasteiger partial charge on any atom is -0.497 e. The van der Waals surface area contributed by atoms with Crippen molar-refractivity contribution in [3.05, 3.63) is 59.7 Å². The van der Waals surface area contributed by atoms with E-state index in [9.17, 15) is 4.79 Å². The summed E-state index contributed by atoms with van der Waals surface area (Å²) in [6.45, 7) is 8.66. The zero-order valence-electron chi connectivity index (χ0n) is 15.6. The Kier molecular flexibility index (Phi) is 6.07. The summed E-state index contributed by atoms with van der Waals surface area (Å²) >= 11 is 0. The zero-order chi connectivity index (χ0) is 18.4. The number of nitrogens with one attached hydrogen (secondary N) is 1. The van der Waals surface area contributed by atoms with Gasteiger partial charge in [0.25, 0.3) is 5.91 Å². The number of rotatable bonds is 6. The number of benzene rings is 2. The van der Waals surface area contributed by atoms with Gasteiger partial charge in [-0.1, -0.05) is 45.0 Å². The molecule has 0 aliphatic rings. The lowest BCUT2D eigenvalue weighted by Crippen LogP contribution is -2.35. The number of hydrogen-bond acceptors (Lipinski definition) is 3. The Balaban J connectivity index is 1.91. The molecule has 0 fully saturated rings. The Morgan fingerprint density at radius 2 is 1.76 bits per heavy atom. The van der Waals surface area contributed by atoms with Crippen LogP contribution >= 0.6 is 0 Å². The highest BCUT2D eigenvalue weighted by atomic mass is 16.5. The maximum Gasteiger partial charge on any atom is 0.261 e. The van der Waals surface area contributed by atoms with E-state index in [1.807, 2.05) is 42.5 Å². The summed E-state index contributed by atoms with van der Waals surface area (Å²) in [6.07, 6.45) is -0.562. The third kappa shape index (κ3) is 5.52. The maximum absolute atomic E-state index is 12.3. The maximum atomic E-state index is 12.3. The average Bonchev–Trinajstić information content (AvgIpc) is 2.59. The minimum atomic E-state index is -0.562. The van der Waals surface area contributed by atoms with Gasteiger partial charge in [-0.15, -0.1) is 0 Å². The van der Waals surface area contributed by atoms with Crippen LogP contribution in [-0.4, -0.2) is 19.1 Å². The molecule has 0 radical (unpaired) electrons. The number of carbonyl (C=O) groups is 1. The molecule has 1 unspecified atom stereocenters. The fourth-order valence-electron chi connectivity index (χ4n) is 2.37. The summed E-state index contributed by atoms with van der Waals surface area (Å²) in [4.78, 5) is 12.3. The molecule has 1 atom stereocenters. The molecule has 4 heteroatoms. The summed E-state index contributed by atoms with van der Waals surface area (Å²) in [5.74, 6) is 1.36. The molecule has 1 amide bonds. The van der Waals surface area contributed by atoms with Crippen LogP contribution in [0.2, 0.25) is 0 Å². The number of methoxy groups -OCH3 is 1. The standard InChI is InChI=1S/C21H27NO3/c1-15(25-19-8-6-7-17(13-19)21(2,3)4)20(23)22-14-16-9-11-18(24-5)12-10-16/h6-13,15H,14H2,1-5H3,(H,22,23). The molecule has 0 spiro atoms. The monoisotopic (exact) mass is 341 g/mol. The highest BCUT2D eigenvalue weighted by Gasteiger charge is 2.17. The smallest absolute Gasteiger partial charge is 0.261 e. The second-order valence-corrected chi connectivity index (χ2v) is 7.10. The Morgan fingerprint density at radius 3 is 2.36 bits per heavy atom. The van der Waals surface area contributed by atoms with Crippen molar-refractivity contribution in [2.75, 3.05) is 7.11 Å². The molecule has 0 bridgehead atoms. The molecule has 25 heavy (non-hydrogen) atoms. The molecule has 134 valence electrons. The van der Waals surface area contributed by atoms with Gasteiger partial charge in [-0.2, -0.15) is 0 Å². The lowest BCUT2D eigenvalue weighted by Gasteiger charge is -2.21. The van der Waals surface area contributed by atoms with Crippen LogP contribution < -0.4 is 14.8 Å². The van der Waals surface area contributed by atoms with E-state index >= 15 is 0 Å². The Hall–Kier alpha value is -2.49. The summed E-state index contributed by atoms with van der Waals surface area (Å²) in [6, 6.07) is 15.5. The number of hydrogen-bond donors (Lipinski definition) is 1. The van der Waals surface area contributed by atoms with Gasteiger partial charge in [0, 0.05) is 6.54 Å². The normalized spacial score (nSPS) is 12.4. The highest BCUT2D eigenvalue weighted by Crippen LogP contribution is 2.26. The van der Waals surface area contributed by atoms with Crippen molar-refractivity contribution in [1.29, 1.82) is 0 Å². The van der Waals surface area contributed by atoms with Crippen LogP contribution in [0.15, 0.2) is 48.5 Å². The van der Waals surface area contributed by atoms with Crippen LogP contribution in [0.3, 0.4) is 0 Å². The van der Waals surface area contributed by atoms with E-state index in [0.717, 1.165) is 11.3 Å². The van der Waals surface area contributed by atoms with Crippen molar-refractivity contribution >= 4 is 5.91 Å². The topological polar surface area (TPSA) is 47.6 Å². The lowest BCUT2D eigenvalue weighted by atomic mass is 9.87. The van der Waals surface area contributed by atoms with E-state index in [-0.39, 0.29) is 11.3 Å². The van der Waals surface area contributed by atoms with Crippen molar-refractivity contribution in [3.8, 4) is 11.5 Å². The van der Waals surface area contributed by atoms with Gasteiger partial charge in [-0.05, 0) is 47.7 Å². The second kappa shape index (κ2) is 8.06. The van der Waals surface area contributed by atoms with Crippen molar-refractivity contribution in [3.63, 3.8) is 0 Å². The minimum absolute atomic E-state index is 0.0409. The average molecular weight is 341 g/mol. The predicted molar refractivity (Wildman–Crippen MR) is 100 cm³/mol. The molecule has 0 saturated carbocycles. The van der Waals surface area contributed by atoms with E-state index in [1.165, 1.54) is 5.56 Å². The Morgan fingerprint density at radius 1 is 1.08 bits per heavy atom. The molecule has 0 aliphatic carbocycles. The molecule has 1 N–H and O–H groups in total. The van der Waals surface area contributed by atoms with Gasteiger partial charge in [-0.25, -0.2) is 0 Å². The van der Waals surface area contributed by atoms with Gasteiger partial charge in [0.2, 0.25) is 0 Å². The molecule has 0 aromatic heterocycles. The molecular formula is C21H27NO3. The van der Waals surface area contributed by atoms with E-state index in [2.05, 4.69) is 32.2 Å². The van der Waals surface area contributed by atoms with Crippen LogP contribution in [0.25, 0.3) is 0 Å². The van der Waals surface area contributed by atoms with Gasteiger partial charge in [0.15, 0.2) is 6.10 Å². The van der Waals surface area contributed by atoms with Crippen LogP contribution in [0.5, 0.6) is 11.5 Å². The first kappa shape index (κ1) is 18.8. The van der Waals surface area contributed by atoms with E-state index in [0.29, 0.717) is 12.3 Å². The Bertz CT molecular complexity index is 702. The molecule has 2 aromatic carbocycles. The fraction of sp³-hybridized carbons (Fsp3) is 0.381. The third-order valence-corrected chi connectivity index (χ3v) is 4.01. The lowest BCUT2D eigenvalue weighted by molar-refractivity contribution is -0.127. The molecule has 0 aliphatic heterocycles. The quantitative estimate of drug-likeness (QED) is 0.861.